The molecule has 0 unspecified atom stereocenters. The molecule has 0 saturated heterocycles. The van der Waals surface area contributed by atoms with E-state index < -0.39 is 5.97 Å². The van der Waals surface area contributed by atoms with Gasteiger partial charge < -0.3 is 23.7 Å². The molecule has 8 nitrogen and oxygen atoms in total. The van der Waals surface area contributed by atoms with E-state index in [2.05, 4.69) is 9.36 Å². The van der Waals surface area contributed by atoms with Crippen LogP contribution in [0.2, 0.25) is 0 Å². The van der Waals surface area contributed by atoms with E-state index in [4.69, 9.17) is 23.7 Å². The minimum atomic E-state index is -0.584. The molecule has 0 atom stereocenters. The molecule has 4 aromatic rings. The number of nitrogens with zero attached hydrogens (tertiary/aromatic N) is 2. The van der Waals surface area contributed by atoms with Gasteiger partial charge in [-0.1, -0.05) is 0 Å². The van der Waals surface area contributed by atoms with Crippen molar-refractivity contribution in [2.45, 2.75) is 0 Å². The lowest BCUT2D eigenvalue weighted by atomic mass is 10.1. The van der Waals surface area contributed by atoms with Gasteiger partial charge in [0.05, 0.1) is 28.4 Å². The second-order valence-corrected chi connectivity index (χ2v) is 7.72. The molecule has 1 heterocycles. The fraction of sp³-hybridized carbons (Fsp3) is 0.160. The average molecular weight is 479 g/mol. The van der Waals surface area contributed by atoms with Crippen molar-refractivity contribution in [1.82, 2.24) is 9.36 Å². The maximum Gasteiger partial charge on any atom is 0.347 e. The van der Waals surface area contributed by atoms with Crippen LogP contribution in [-0.2, 0) is 0 Å². The van der Waals surface area contributed by atoms with Gasteiger partial charge in [-0.3, -0.25) is 0 Å². The van der Waals surface area contributed by atoms with Gasteiger partial charge >= 0.3 is 5.97 Å². The third kappa shape index (κ3) is 4.79. The Morgan fingerprint density at radius 2 is 1.29 bits per heavy atom. The van der Waals surface area contributed by atoms with E-state index in [-0.39, 0.29) is 5.56 Å². The minimum absolute atomic E-state index is 0.217. The highest BCUT2D eigenvalue weighted by Crippen LogP contribution is 2.35. The lowest BCUT2D eigenvalue weighted by Crippen LogP contribution is -2.11. The number of hydrogen-bond donors (Lipinski definition) is 0. The standard InChI is InChI=1S/C25H22N2O6S/c1-29-17-9-7-16(8-10-17)24-26-23(27-34-24)15-5-11-18(12-6-15)33-25(28)19-13-21(31-3)22(32-4)14-20(19)30-2/h5-14H,1-4H3. The number of methoxy groups -OCH3 is 4. The summed E-state index contributed by atoms with van der Waals surface area (Å²) < 4.78 is 31.0. The van der Waals surface area contributed by atoms with Crippen molar-refractivity contribution < 1.29 is 28.5 Å². The Morgan fingerprint density at radius 3 is 1.91 bits per heavy atom. The van der Waals surface area contributed by atoms with E-state index in [1.54, 1.807) is 37.4 Å². The van der Waals surface area contributed by atoms with Crippen molar-refractivity contribution >= 4 is 17.5 Å². The Labute approximate surface area is 200 Å². The van der Waals surface area contributed by atoms with Gasteiger partial charge in [0.1, 0.15) is 27.8 Å². The first-order valence-electron chi connectivity index (χ1n) is 10.2. The topological polar surface area (TPSA) is 89.0 Å². The van der Waals surface area contributed by atoms with E-state index >= 15 is 0 Å². The smallest absolute Gasteiger partial charge is 0.347 e. The maximum absolute atomic E-state index is 12.8. The zero-order chi connectivity index (χ0) is 24.1. The zero-order valence-corrected chi connectivity index (χ0v) is 19.8. The fourth-order valence-electron chi connectivity index (χ4n) is 3.21. The second kappa shape index (κ2) is 10.2. The summed E-state index contributed by atoms with van der Waals surface area (Å²) >= 11 is 1.31. The van der Waals surface area contributed by atoms with Crippen LogP contribution >= 0.6 is 11.5 Å². The Balaban J connectivity index is 1.50. The van der Waals surface area contributed by atoms with Gasteiger partial charge in [-0.15, -0.1) is 0 Å². The van der Waals surface area contributed by atoms with Gasteiger partial charge in [0, 0.05) is 23.3 Å². The third-order valence-corrected chi connectivity index (χ3v) is 5.78. The van der Waals surface area contributed by atoms with E-state index in [0.29, 0.717) is 28.8 Å². The van der Waals surface area contributed by atoms with Crippen LogP contribution in [0.4, 0.5) is 0 Å². The summed E-state index contributed by atoms with van der Waals surface area (Å²) in [7, 11) is 6.09. The summed E-state index contributed by atoms with van der Waals surface area (Å²) in [6.07, 6.45) is 0. The number of ether oxygens (including phenoxy) is 5. The summed E-state index contributed by atoms with van der Waals surface area (Å²) in [5.41, 5.74) is 1.98. The first-order valence-corrected chi connectivity index (χ1v) is 10.9. The maximum atomic E-state index is 12.8. The first kappa shape index (κ1) is 23.1. The Bertz CT molecular complexity index is 1290. The molecule has 1 aromatic heterocycles. The number of aromatic nitrogens is 2. The molecule has 0 bridgehead atoms. The molecule has 0 aliphatic heterocycles. The van der Waals surface area contributed by atoms with Gasteiger partial charge in [-0.05, 0) is 60.1 Å². The number of benzene rings is 3. The highest BCUT2D eigenvalue weighted by atomic mass is 32.1. The van der Waals surface area contributed by atoms with Crippen LogP contribution in [0.25, 0.3) is 22.0 Å². The zero-order valence-electron chi connectivity index (χ0n) is 19.0. The van der Waals surface area contributed by atoms with Crippen LogP contribution < -0.4 is 23.7 Å². The molecule has 0 aliphatic rings. The Kier molecular flexibility index (Phi) is 6.93. The lowest BCUT2D eigenvalue weighted by molar-refractivity contribution is 0.0730. The van der Waals surface area contributed by atoms with Gasteiger partial charge in [0.25, 0.3) is 0 Å². The molecular formula is C25H22N2O6S. The summed E-state index contributed by atoms with van der Waals surface area (Å²) in [6, 6.07) is 17.7. The fourth-order valence-corrected chi connectivity index (χ4v) is 3.90. The molecule has 3 aromatic carbocycles. The van der Waals surface area contributed by atoms with Crippen molar-refractivity contribution in [3.63, 3.8) is 0 Å². The second-order valence-electron chi connectivity index (χ2n) is 6.97. The number of carbonyl (C=O) groups excluding carboxylic acids is 1. The number of rotatable bonds is 8. The summed E-state index contributed by atoms with van der Waals surface area (Å²) in [5.74, 6) is 2.32. The van der Waals surface area contributed by atoms with Crippen LogP contribution in [0, 0.1) is 0 Å². The van der Waals surface area contributed by atoms with Crippen molar-refractivity contribution in [3.8, 4) is 50.7 Å². The molecular weight excluding hydrogens is 456 g/mol. The van der Waals surface area contributed by atoms with Crippen LogP contribution in [0.1, 0.15) is 10.4 Å². The van der Waals surface area contributed by atoms with Crippen LogP contribution in [0.5, 0.6) is 28.7 Å². The van der Waals surface area contributed by atoms with Crippen molar-refractivity contribution in [2.24, 2.45) is 0 Å². The van der Waals surface area contributed by atoms with Crippen molar-refractivity contribution in [2.75, 3.05) is 28.4 Å². The number of hydrogen-bond acceptors (Lipinski definition) is 9. The Hall–Kier alpha value is -4.11. The summed E-state index contributed by atoms with van der Waals surface area (Å²) in [5, 5.41) is 0.800. The highest BCUT2D eigenvalue weighted by Gasteiger charge is 2.20. The quantitative estimate of drug-likeness (QED) is 0.255. The van der Waals surface area contributed by atoms with Gasteiger partial charge in [-0.25, -0.2) is 9.78 Å². The molecule has 174 valence electrons. The van der Waals surface area contributed by atoms with Gasteiger partial charge in [0.2, 0.25) is 0 Å². The number of carbonyl (C=O) groups is 1. The van der Waals surface area contributed by atoms with Crippen LogP contribution in [0.3, 0.4) is 0 Å². The molecule has 0 N–H and O–H groups in total. The van der Waals surface area contributed by atoms with E-state index in [9.17, 15) is 4.79 Å². The Morgan fingerprint density at radius 1 is 0.706 bits per heavy atom. The molecule has 0 radical (unpaired) electrons. The molecule has 0 spiro atoms. The average Bonchev–Trinajstić information content (AvgIpc) is 3.38. The van der Waals surface area contributed by atoms with E-state index in [0.717, 1.165) is 21.9 Å². The summed E-state index contributed by atoms with van der Waals surface area (Å²) in [4.78, 5) is 17.4. The number of esters is 1. The molecule has 0 saturated carbocycles. The molecule has 0 amide bonds. The summed E-state index contributed by atoms with van der Waals surface area (Å²) in [6.45, 7) is 0. The molecule has 0 aliphatic carbocycles. The third-order valence-electron chi connectivity index (χ3n) is 5.01. The molecule has 9 heteroatoms. The monoisotopic (exact) mass is 478 g/mol. The van der Waals surface area contributed by atoms with Crippen molar-refractivity contribution in [3.05, 3.63) is 66.2 Å². The highest BCUT2D eigenvalue weighted by molar-refractivity contribution is 7.09. The van der Waals surface area contributed by atoms with E-state index in [1.807, 2.05) is 24.3 Å². The first-order chi connectivity index (χ1) is 16.6. The lowest BCUT2D eigenvalue weighted by Gasteiger charge is -2.13. The van der Waals surface area contributed by atoms with Crippen LogP contribution in [-0.4, -0.2) is 43.8 Å². The predicted molar refractivity (Wildman–Crippen MR) is 128 cm³/mol. The van der Waals surface area contributed by atoms with Crippen molar-refractivity contribution in [1.29, 1.82) is 0 Å². The minimum Gasteiger partial charge on any atom is -0.497 e. The normalized spacial score (nSPS) is 10.5. The SMILES string of the molecule is COc1ccc(-c2nc(-c3ccc(OC(=O)c4cc(OC)c(OC)cc4OC)cc3)ns2)cc1. The van der Waals surface area contributed by atoms with Gasteiger partial charge in [0.15, 0.2) is 17.3 Å². The molecule has 34 heavy (non-hydrogen) atoms. The molecule has 0 fully saturated rings. The van der Waals surface area contributed by atoms with E-state index in [1.165, 1.54) is 38.9 Å². The molecule has 4 rings (SSSR count). The van der Waals surface area contributed by atoms with Gasteiger partial charge in [-0.2, -0.15) is 4.37 Å². The largest absolute Gasteiger partial charge is 0.497 e. The van der Waals surface area contributed by atoms with Crippen LogP contribution in [0.15, 0.2) is 60.7 Å². The predicted octanol–water partition coefficient (Wildman–Crippen LogP) is 5.13.